The van der Waals surface area contributed by atoms with Gasteiger partial charge in [-0.15, -0.1) is 5.11 Å². The van der Waals surface area contributed by atoms with Crippen LogP contribution in [0.4, 0.5) is 33.7 Å². The number of hydrogen-bond donors (Lipinski definition) is 0. The number of fused-ring (bicyclic) bond motifs is 2. The summed E-state index contributed by atoms with van der Waals surface area (Å²) in [4.78, 5) is 23.5. The number of anilines is 2. The summed E-state index contributed by atoms with van der Waals surface area (Å²) < 4.78 is 47.8. The molecule has 1 aliphatic heterocycles. The average Bonchev–Trinajstić information content (AvgIpc) is 3.73. The fourth-order valence-corrected chi connectivity index (χ4v) is 6.53. The van der Waals surface area contributed by atoms with Gasteiger partial charge in [0.15, 0.2) is 0 Å². The number of nitrogens with zero attached hydrogens (tertiary/aromatic N) is 7. The number of rotatable bonds is 15. The van der Waals surface area contributed by atoms with Gasteiger partial charge in [0.25, 0.3) is 0 Å². The van der Waals surface area contributed by atoms with Crippen LogP contribution in [0.5, 0.6) is 17.2 Å². The molecule has 3 aromatic carbocycles. The zero-order valence-corrected chi connectivity index (χ0v) is 35.6. The molecular formula is C42H55N7O10S. The SMILES string of the molecule is CCOCCOCCN1CCOCCOCC=Nc2ccc(C)cc2OCCN(c2ccc(N=Nc3nc([N+](=O)[O-])cs3)cc2OCCOC)CCOc2cc(C)ccc21. The van der Waals surface area contributed by atoms with Crippen LogP contribution < -0.4 is 24.0 Å². The van der Waals surface area contributed by atoms with E-state index in [9.17, 15) is 10.1 Å². The summed E-state index contributed by atoms with van der Waals surface area (Å²) >= 11 is 1.03. The van der Waals surface area contributed by atoms with Crippen molar-refractivity contribution < 1.29 is 42.8 Å². The van der Waals surface area contributed by atoms with Crippen molar-refractivity contribution in [1.29, 1.82) is 0 Å². The van der Waals surface area contributed by atoms with Gasteiger partial charge in [-0.25, -0.2) is 0 Å². The first kappa shape index (κ1) is 45.8. The third kappa shape index (κ3) is 15.1. The molecule has 0 fully saturated rings. The summed E-state index contributed by atoms with van der Waals surface area (Å²) in [5.41, 5.74) is 4.97. The largest absolute Gasteiger partial charge is 0.490 e. The minimum atomic E-state index is -0.566. The molecule has 0 aliphatic carbocycles. The summed E-state index contributed by atoms with van der Waals surface area (Å²) in [5.74, 6) is 1.65. The Morgan fingerprint density at radius 1 is 0.817 bits per heavy atom. The Morgan fingerprint density at radius 3 is 2.35 bits per heavy atom. The molecule has 17 nitrogen and oxygen atoms in total. The van der Waals surface area contributed by atoms with Crippen LogP contribution >= 0.6 is 11.3 Å². The van der Waals surface area contributed by atoms with Gasteiger partial charge >= 0.3 is 10.9 Å². The van der Waals surface area contributed by atoms with E-state index in [-0.39, 0.29) is 17.6 Å². The van der Waals surface area contributed by atoms with Crippen molar-refractivity contribution in [3.05, 3.63) is 81.2 Å². The smallest absolute Gasteiger partial charge is 0.377 e. The van der Waals surface area contributed by atoms with Crippen molar-refractivity contribution in [1.82, 2.24) is 4.98 Å². The Balaban J connectivity index is 1.44. The first-order valence-corrected chi connectivity index (χ1v) is 20.8. The molecule has 1 aliphatic rings. The minimum Gasteiger partial charge on any atom is -0.490 e. The highest BCUT2D eigenvalue weighted by atomic mass is 32.1. The van der Waals surface area contributed by atoms with Crippen molar-refractivity contribution in [3.8, 4) is 17.2 Å². The second-order valence-electron chi connectivity index (χ2n) is 13.4. The van der Waals surface area contributed by atoms with Crippen molar-refractivity contribution in [2.75, 3.05) is 122 Å². The van der Waals surface area contributed by atoms with Gasteiger partial charge in [-0.2, -0.15) is 0 Å². The third-order valence-corrected chi connectivity index (χ3v) is 9.65. The lowest BCUT2D eigenvalue weighted by atomic mass is 10.2. The molecule has 0 saturated heterocycles. The quantitative estimate of drug-likeness (QED) is 0.0494. The number of aromatic nitrogens is 1. The van der Waals surface area contributed by atoms with E-state index < -0.39 is 4.92 Å². The van der Waals surface area contributed by atoms with E-state index >= 15 is 0 Å². The number of nitro groups is 1. The number of aryl methyl sites for hydroxylation is 2. The van der Waals surface area contributed by atoms with Crippen molar-refractivity contribution >= 4 is 51.3 Å². The first-order valence-electron chi connectivity index (χ1n) is 19.9. The maximum Gasteiger partial charge on any atom is 0.377 e. The number of hydrogen-bond acceptors (Lipinski definition) is 17. The molecule has 1 aromatic heterocycles. The normalized spacial score (nSPS) is 14.8. The van der Waals surface area contributed by atoms with Gasteiger partial charge in [0.1, 0.15) is 42.8 Å². The molecule has 5 rings (SSSR count). The number of azo groups is 1. The zero-order chi connectivity index (χ0) is 42.4. The Morgan fingerprint density at radius 2 is 1.57 bits per heavy atom. The van der Waals surface area contributed by atoms with Gasteiger partial charge in [0.2, 0.25) is 0 Å². The van der Waals surface area contributed by atoms with E-state index in [1.165, 1.54) is 5.38 Å². The van der Waals surface area contributed by atoms with E-state index in [0.29, 0.717) is 122 Å². The van der Waals surface area contributed by atoms with Crippen molar-refractivity contribution in [3.63, 3.8) is 0 Å². The highest BCUT2D eigenvalue weighted by molar-refractivity contribution is 7.13. The third-order valence-electron chi connectivity index (χ3n) is 8.94. The lowest BCUT2D eigenvalue weighted by molar-refractivity contribution is -0.389. The molecule has 0 amide bonds. The standard InChI is InChI=1S/C42H55N7O10S/c1-5-53-23-24-55-18-13-47-14-19-56-26-25-54-17-12-43-35-9-6-32(2)28-38(35)57-20-15-48(16-21-58-39-29-33(3)7-10-36(39)47)37-11-8-34(30-40(37)59-27-22-52-4)45-46-42-44-41(31-60-42)49(50)51/h6-12,28-31H,5,13-27H2,1-4H3. The lowest BCUT2D eigenvalue weighted by Crippen LogP contribution is -2.34. The molecule has 18 heteroatoms. The van der Waals surface area contributed by atoms with Crippen LogP contribution in [0.25, 0.3) is 0 Å². The molecule has 0 spiro atoms. The van der Waals surface area contributed by atoms with Crippen LogP contribution in [-0.4, -0.2) is 129 Å². The summed E-state index contributed by atoms with van der Waals surface area (Å²) in [7, 11) is 1.61. The van der Waals surface area contributed by atoms with Crippen LogP contribution in [0.3, 0.4) is 0 Å². The number of benzene rings is 3. The molecule has 60 heavy (non-hydrogen) atoms. The summed E-state index contributed by atoms with van der Waals surface area (Å²) in [6, 6.07) is 17.6. The zero-order valence-electron chi connectivity index (χ0n) is 34.8. The highest BCUT2D eigenvalue weighted by Gasteiger charge is 2.19. The van der Waals surface area contributed by atoms with Crippen molar-refractivity contribution in [2.24, 2.45) is 15.2 Å². The van der Waals surface area contributed by atoms with E-state index in [4.69, 9.17) is 37.9 Å². The van der Waals surface area contributed by atoms with Gasteiger partial charge < -0.3 is 57.8 Å². The minimum absolute atomic E-state index is 0.166. The van der Waals surface area contributed by atoms with Crippen LogP contribution in [0.2, 0.25) is 0 Å². The average molecular weight is 850 g/mol. The number of methoxy groups -OCH3 is 1. The van der Waals surface area contributed by atoms with Gasteiger partial charge in [-0.3, -0.25) is 4.99 Å². The van der Waals surface area contributed by atoms with E-state index in [0.717, 1.165) is 39.6 Å². The lowest BCUT2D eigenvalue weighted by Gasteiger charge is -2.29. The number of thiazole rings is 1. The fraction of sp³-hybridized carbons (Fsp3) is 0.476. The summed E-state index contributed by atoms with van der Waals surface area (Å²) in [6.07, 6.45) is 1.73. The van der Waals surface area contributed by atoms with Gasteiger partial charge in [0.05, 0.1) is 88.4 Å². The Kier molecular flexibility index (Phi) is 19.4. The van der Waals surface area contributed by atoms with Crippen LogP contribution in [-0.2, 0) is 23.7 Å². The maximum atomic E-state index is 11.1. The summed E-state index contributed by atoms with van der Waals surface area (Å²) in [6.45, 7) is 13.3. The Labute approximate surface area is 355 Å². The van der Waals surface area contributed by atoms with E-state index in [1.54, 1.807) is 25.5 Å². The number of ether oxygens (including phenoxy) is 8. The Bertz CT molecular complexity index is 1980. The van der Waals surface area contributed by atoms with E-state index in [1.807, 2.05) is 51.1 Å². The second-order valence-corrected chi connectivity index (χ2v) is 14.2. The molecule has 0 unspecified atom stereocenters. The molecule has 0 N–H and O–H groups in total. The first-order chi connectivity index (χ1) is 29.3. The molecule has 324 valence electrons. The van der Waals surface area contributed by atoms with Crippen LogP contribution in [0, 0.1) is 24.0 Å². The maximum absolute atomic E-state index is 11.1. The van der Waals surface area contributed by atoms with Gasteiger partial charge in [0, 0.05) is 39.1 Å². The number of aliphatic imine (C=N–C) groups is 1. The van der Waals surface area contributed by atoms with Gasteiger partial charge in [-0.05, 0) is 78.2 Å². The molecule has 0 saturated carbocycles. The topological polar surface area (TPSA) is 173 Å². The fourth-order valence-electron chi connectivity index (χ4n) is 5.95. The molecule has 0 radical (unpaired) electrons. The molecule has 0 bridgehead atoms. The monoisotopic (exact) mass is 849 g/mol. The predicted molar refractivity (Wildman–Crippen MR) is 232 cm³/mol. The molecule has 0 atom stereocenters. The molecule has 4 aromatic rings. The molecule has 2 heterocycles. The van der Waals surface area contributed by atoms with E-state index in [2.05, 4.69) is 42.1 Å². The predicted octanol–water partition coefficient (Wildman–Crippen LogP) is 7.68. The van der Waals surface area contributed by atoms with Crippen LogP contribution in [0.15, 0.2) is 75.2 Å². The van der Waals surface area contributed by atoms with Crippen LogP contribution in [0.1, 0.15) is 18.1 Å². The Hall–Kier alpha value is -5.24. The highest BCUT2D eigenvalue weighted by Crippen LogP contribution is 2.35. The van der Waals surface area contributed by atoms with Crippen molar-refractivity contribution in [2.45, 2.75) is 20.8 Å². The second kappa shape index (κ2) is 25.4. The van der Waals surface area contributed by atoms with Gasteiger partial charge in [-0.1, -0.05) is 28.6 Å². The molecular weight excluding hydrogens is 795 g/mol. The summed E-state index contributed by atoms with van der Waals surface area (Å²) in [5, 5.41) is 21.1.